The Balaban J connectivity index is 2.35. The Morgan fingerprint density at radius 2 is 2.22 bits per heavy atom. The largest absolute Gasteiger partial charge is 0.326 e. The predicted molar refractivity (Wildman–Crippen MR) is 77.1 cm³/mol. The van der Waals surface area contributed by atoms with E-state index >= 15 is 0 Å². The molecule has 0 radical (unpaired) electrons. The smallest absolute Gasteiger partial charge is 0.245 e. The van der Waals surface area contributed by atoms with Crippen LogP contribution in [0.25, 0.3) is 0 Å². The zero-order valence-corrected chi connectivity index (χ0v) is 13.4. The van der Waals surface area contributed by atoms with Crippen molar-refractivity contribution >= 4 is 37.3 Å². The number of rotatable bonds is 6. The molecule has 0 unspecified atom stereocenters. The molecular formula is C11H17BrN2O2S2. The Labute approximate surface area is 120 Å². The van der Waals surface area contributed by atoms with Crippen LogP contribution in [0.2, 0.25) is 0 Å². The van der Waals surface area contributed by atoms with Gasteiger partial charge in [-0.3, -0.25) is 0 Å². The van der Waals surface area contributed by atoms with Crippen molar-refractivity contribution in [2.24, 2.45) is 5.73 Å². The van der Waals surface area contributed by atoms with Crippen LogP contribution < -0.4 is 5.73 Å². The Kier molecular flexibility index (Phi) is 4.48. The van der Waals surface area contributed by atoms with Gasteiger partial charge in [-0.2, -0.15) is 4.31 Å². The van der Waals surface area contributed by atoms with Crippen molar-refractivity contribution in [2.45, 2.75) is 43.7 Å². The average Bonchev–Trinajstić information content (AvgIpc) is 3.08. The maximum Gasteiger partial charge on any atom is 0.245 e. The third-order valence-corrected chi connectivity index (χ3v) is 7.12. The van der Waals surface area contributed by atoms with E-state index < -0.39 is 10.0 Å². The van der Waals surface area contributed by atoms with Gasteiger partial charge in [-0.15, -0.1) is 11.3 Å². The number of nitrogens with zero attached hydrogens (tertiary/aromatic N) is 1. The van der Waals surface area contributed by atoms with Crippen molar-refractivity contribution in [1.29, 1.82) is 0 Å². The van der Waals surface area contributed by atoms with Crippen LogP contribution in [0, 0.1) is 0 Å². The van der Waals surface area contributed by atoms with E-state index in [0.717, 1.165) is 24.1 Å². The summed E-state index contributed by atoms with van der Waals surface area (Å²) in [6.07, 6.45) is 2.79. The number of halogens is 1. The van der Waals surface area contributed by atoms with Gasteiger partial charge in [0.15, 0.2) is 0 Å². The van der Waals surface area contributed by atoms with Crippen molar-refractivity contribution in [1.82, 2.24) is 4.31 Å². The molecule has 1 fully saturated rings. The van der Waals surface area contributed by atoms with Gasteiger partial charge in [0.05, 0.1) is 3.79 Å². The zero-order chi connectivity index (χ0) is 13.3. The first kappa shape index (κ1) is 14.5. The van der Waals surface area contributed by atoms with Gasteiger partial charge < -0.3 is 5.73 Å². The van der Waals surface area contributed by atoms with Crippen molar-refractivity contribution in [3.8, 4) is 0 Å². The second-order valence-corrected chi connectivity index (χ2v) is 8.72. The van der Waals surface area contributed by atoms with Gasteiger partial charge in [-0.1, -0.05) is 6.92 Å². The number of thiophene rings is 1. The van der Waals surface area contributed by atoms with E-state index in [1.807, 2.05) is 6.92 Å². The third kappa shape index (κ3) is 2.80. The standard InChI is InChI=1S/C11H17BrN2O2S2/c1-2-5-14(8-3-4-8)18(15,16)10-6-9(7-13)17-11(10)12/h6,8H,2-5,7,13H2,1H3. The normalized spacial score (nSPS) is 16.4. The van der Waals surface area contributed by atoms with Crippen LogP contribution in [0.4, 0.5) is 0 Å². The first-order valence-corrected chi connectivity index (χ1v) is 9.05. The monoisotopic (exact) mass is 352 g/mol. The highest BCUT2D eigenvalue weighted by Crippen LogP contribution is 2.37. The molecule has 0 spiro atoms. The van der Waals surface area contributed by atoms with Crippen LogP contribution in [0.5, 0.6) is 0 Å². The van der Waals surface area contributed by atoms with E-state index in [1.54, 1.807) is 10.4 Å². The molecule has 0 saturated heterocycles. The van der Waals surface area contributed by atoms with Gasteiger partial charge in [0.25, 0.3) is 0 Å². The Morgan fingerprint density at radius 1 is 1.56 bits per heavy atom. The van der Waals surface area contributed by atoms with E-state index in [4.69, 9.17) is 5.73 Å². The van der Waals surface area contributed by atoms with Crippen LogP contribution in [-0.2, 0) is 16.6 Å². The molecule has 0 atom stereocenters. The molecule has 4 nitrogen and oxygen atoms in total. The molecule has 102 valence electrons. The molecule has 1 aliphatic rings. The molecule has 1 aromatic heterocycles. The quantitative estimate of drug-likeness (QED) is 0.855. The lowest BCUT2D eigenvalue weighted by Crippen LogP contribution is -2.33. The fourth-order valence-corrected chi connectivity index (χ4v) is 6.17. The maximum absolute atomic E-state index is 12.6. The van der Waals surface area contributed by atoms with E-state index in [0.29, 0.717) is 21.8 Å². The number of hydrogen-bond donors (Lipinski definition) is 1. The van der Waals surface area contributed by atoms with Gasteiger partial charge in [0.2, 0.25) is 10.0 Å². The number of hydrogen-bond acceptors (Lipinski definition) is 4. The minimum absolute atomic E-state index is 0.197. The van der Waals surface area contributed by atoms with Crippen LogP contribution >= 0.6 is 27.3 Å². The van der Waals surface area contributed by atoms with Crippen LogP contribution in [0.1, 0.15) is 31.1 Å². The lowest BCUT2D eigenvalue weighted by molar-refractivity contribution is 0.403. The highest BCUT2D eigenvalue weighted by atomic mass is 79.9. The van der Waals surface area contributed by atoms with Crippen molar-refractivity contribution in [3.05, 3.63) is 14.7 Å². The third-order valence-electron chi connectivity index (χ3n) is 2.89. The summed E-state index contributed by atoms with van der Waals surface area (Å²) in [6, 6.07) is 1.89. The fraction of sp³-hybridized carbons (Fsp3) is 0.636. The molecule has 1 saturated carbocycles. The van der Waals surface area contributed by atoms with Gasteiger partial charge in [-0.05, 0) is 41.3 Å². The van der Waals surface area contributed by atoms with Crippen LogP contribution in [0.15, 0.2) is 14.7 Å². The summed E-state index contributed by atoms with van der Waals surface area (Å²) >= 11 is 4.73. The molecule has 18 heavy (non-hydrogen) atoms. The first-order valence-electron chi connectivity index (χ1n) is 6.00. The molecule has 0 amide bonds. The zero-order valence-electron chi connectivity index (χ0n) is 10.2. The van der Waals surface area contributed by atoms with E-state index in [-0.39, 0.29) is 6.04 Å². The summed E-state index contributed by atoms with van der Waals surface area (Å²) in [5.74, 6) is 0. The lowest BCUT2D eigenvalue weighted by Gasteiger charge is -2.20. The predicted octanol–water partition coefficient (Wildman–Crippen LogP) is 2.53. The summed E-state index contributed by atoms with van der Waals surface area (Å²) in [7, 11) is -3.38. The average molecular weight is 353 g/mol. The second-order valence-electron chi connectivity index (χ2n) is 4.40. The van der Waals surface area contributed by atoms with Crippen molar-refractivity contribution in [3.63, 3.8) is 0 Å². The number of nitrogens with two attached hydrogens (primary N) is 1. The molecule has 0 aliphatic heterocycles. The van der Waals surface area contributed by atoms with Crippen LogP contribution in [0.3, 0.4) is 0 Å². The van der Waals surface area contributed by atoms with E-state index in [2.05, 4.69) is 15.9 Å². The molecule has 2 N–H and O–H groups in total. The summed E-state index contributed by atoms with van der Waals surface area (Å²) in [4.78, 5) is 1.25. The minimum Gasteiger partial charge on any atom is -0.326 e. The van der Waals surface area contributed by atoms with Gasteiger partial charge >= 0.3 is 0 Å². The molecule has 0 bridgehead atoms. The molecular weight excluding hydrogens is 336 g/mol. The molecule has 2 rings (SSSR count). The Morgan fingerprint density at radius 3 is 2.67 bits per heavy atom. The summed E-state index contributed by atoms with van der Waals surface area (Å²) in [5, 5.41) is 0. The molecule has 1 aliphatic carbocycles. The highest BCUT2D eigenvalue weighted by molar-refractivity contribution is 9.11. The topological polar surface area (TPSA) is 63.4 Å². The van der Waals surface area contributed by atoms with E-state index in [9.17, 15) is 8.42 Å². The second kappa shape index (κ2) is 5.58. The van der Waals surface area contributed by atoms with Gasteiger partial charge in [0.1, 0.15) is 4.90 Å². The Bertz CT molecular complexity index is 523. The molecule has 1 aromatic rings. The summed E-state index contributed by atoms with van der Waals surface area (Å²) in [5.41, 5.74) is 5.56. The summed E-state index contributed by atoms with van der Waals surface area (Å²) in [6.45, 7) is 2.96. The summed E-state index contributed by atoms with van der Waals surface area (Å²) < 4.78 is 27.5. The lowest BCUT2D eigenvalue weighted by atomic mass is 10.5. The SMILES string of the molecule is CCCN(C1CC1)S(=O)(=O)c1cc(CN)sc1Br. The molecule has 1 heterocycles. The van der Waals surface area contributed by atoms with Crippen LogP contribution in [-0.4, -0.2) is 25.3 Å². The van der Waals surface area contributed by atoms with Gasteiger partial charge in [-0.25, -0.2) is 8.42 Å². The van der Waals surface area contributed by atoms with Gasteiger partial charge in [0, 0.05) is 24.0 Å². The molecule has 0 aromatic carbocycles. The minimum atomic E-state index is -3.38. The maximum atomic E-state index is 12.6. The first-order chi connectivity index (χ1) is 8.50. The van der Waals surface area contributed by atoms with Crippen molar-refractivity contribution < 1.29 is 8.42 Å². The highest BCUT2D eigenvalue weighted by Gasteiger charge is 2.38. The van der Waals surface area contributed by atoms with E-state index in [1.165, 1.54) is 11.3 Å². The molecule has 7 heteroatoms. The Hall–Kier alpha value is 0.0500. The fourth-order valence-electron chi connectivity index (χ4n) is 1.88. The number of sulfonamides is 1. The van der Waals surface area contributed by atoms with Crippen molar-refractivity contribution in [2.75, 3.05) is 6.54 Å².